The summed E-state index contributed by atoms with van der Waals surface area (Å²) in [7, 11) is 0. The van der Waals surface area contributed by atoms with Crippen LogP contribution in [-0.4, -0.2) is 5.91 Å². The Morgan fingerprint density at radius 2 is 2.05 bits per heavy atom. The molecule has 2 aromatic rings. The lowest BCUT2D eigenvalue weighted by Gasteiger charge is -2.26. The monoisotopic (exact) mass is 347 g/mol. The summed E-state index contributed by atoms with van der Waals surface area (Å²) in [5.74, 6) is -0.865. The number of rotatable bonds is 2. The second-order valence-corrected chi connectivity index (χ2v) is 6.16. The number of benzene rings is 2. The van der Waals surface area contributed by atoms with Crippen molar-refractivity contribution in [3.05, 3.63) is 69.4 Å². The van der Waals surface area contributed by atoms with Gasteiger partial charge in [0.15, 0.2) is 0 Å². The van der Waals surface area contributed by atoms with E-state index < -0.39 is 5.82 Å². The molecule has 0 radical (unpaired) electrons. The smallest absolute Gasteiger partial charge is 0.254 e. The lowest BCUT2D eigenvalue weighted by molar-refractivity contribution is 0.0928. The Balaban J connectivity index is 1.84. The number of aryl methyl sites for hydroxylation is 1. The number of nitrogens with one attached hydrogen (secondary N) is 1. The molecule has 0 aromatic heterocycles. The van der Waals surface area contributed by atoms with Gasteiger partial charge in [0.05, 0.1) is 11.6 Å². The highest BCUT2D eigenvalue weighted by atomic mass is 79.9. The van der Waals surface area contributed by atoms with Crippen molar-refractivity contribution < 1.29 is 9.18 Å². The molecule has 2 aromatic carbocycles. The highest BCUT2D eigenvalue weighted by Crippen LogP contribution is 2.30. The number of fused-ring (bicyclic) bond motifs is 1. The lowest BCUT2D eigenvalue weighted by Crippen LogP contribution is -2.31. The Labute approximate surface area is 131 Å². The van der Waals surface area contributed by atoms with Crippen LogP contribution in [-0.2, 0) is 6.42 Å². The molecule has 1 amide bonds. The third kappa shape index (κ3) is 3.00. The van der Waals surface area contributed by atoms with Crippen molar-refractivity contribution in [2.45, 2.75) is 25.3 Å². The molecule has 0 bridgehead atoms. The van der Waals surface area contributed by atoms with Gasteiger partial charge in [-0.3, -0.25) is 4.79 Å². The van der Waals surface area contributed by atoms with Gasteiger partial charge in [-0.05, 0) is 48.6 Å². The van der Waals surface area contributed by atoms with E-state index in [9.17, 15) is 9.18 Å². The summed E-state index contributed by atoms with van der Waals surface area (Å²) >= 11 is 3.27. The van der Waals surface area contributed by atoms with E-state index in [1.165, 1.54) is 17.7 Å². The van der Waals surface area contributed by atoms with E-state index in [4.69, 9.17) is 0 Å². The summed E-state index contributed by atoms with van der Waals surface area (Å²) in [4.78, 5) is 12.3. The van der Waals surface area contributed by atoms with E-state index >= 15 is 0 Å². The molecule has 1 aliphatic carbocycles. The van der Waals surface area contributed by atoms with Gasteiger partial charge in [0.2, 0.25) is 0 Å². The molecule has 0 saturated carbocycles. The molecule has 0 unspecified atom stereocenters. The van der Waals surface area contributed by atoms with Gasteiger partial charge in [-0.15, -0.1) is 0 Å². The van der Waals surface area contributed by atoms with Gasteiger partial charge in [-0.25, -0.2) is 4.39 Å². The molecule has 1 N–H and O–H groups in total. The number of halogens is 2. The molecule has 2 nitrogen and oxygen atoms in total. The van der Waals surface area contributed by atoms with Gasteiger partial charge in [-0.2, -0.15) is 0 Å². The Kier molecular flexibility index (Phi) is 4.06. The molecule has 0 heterocycles. The number of carbonyl (C=O) groups is 1. The van der Waals surface area contributed by atoms with E-state index in [1.807, 2.05) is 18.2 Å². The summed E-state index contributed by atoms with van der Waals surface area (Å²) in [6.45, 7) is 0. The SMILES string of the molecule is O=C(N[C@H]1CCCc2ccccc21)c1cc(Br)ccc1F. The third-order valence-corrected chi connectivity index (χ3v) is 4.34. The summed E-state index contributed by atoms with van der Waals surface area (Å²) in [6, 6.07) is 12.5. The van der Waals surface area contributed by atoms with E-state index in [2.05, 4.69) is 27.3 Å². The van der Waals surface area contributed by atoms with Crippen molar-refractivity contribution in [1.82, 2.24) is 5.32 Å². The molecular weight excluding hydrogens is 333 g/mol. The number of carbonyl (C=O) groups excluding carboxylic acids is 1. The predicted octanol–water partition coefficient (Wildman–Crippen LogP) is 4.40. The average Bonchev–Trinajstić information content (AvgIpc) is 2.50. The fourth-order valence-electron chi connectivity index (χ4n) is 2.81. The summed E-state index contributed by atoms with van der Waals surface area (Å²) in [5, 5.41) is 2.96. The molecular formula is C17H15BrFNO. The highest BCUT2D eigenvalue weighted by molar-refractivity contribution is 9.10. The molecule has 4 heteroatoms. The van der Waals surface area contributed by atoms with Crippen molar-refractivity contribution >= 4 is 21.8 Å². The standard InChI is InChI=1S/C17H15BrFNO/c18-12-8-9-15(19)14(10-12)17(21)20-16-7-3-5-11-4-1-2-6-13(11)16/h1-2,4,6,8-10,16H,3,5,7H2,(H,20,21)/t16-/m0/s1. The Morgan fingerprint density at radius 3 is 2.90 bits per heavy atom. The largest absolute Gasteiger partial charge is 0.345 e. The van der Waals surface area contributed by atoms with Gasteiger partial charge in [0.25, 0.3) is 5.91 Å². The molecule has 0 fully saturated rings. The van der Waals surface area contributed by atoms with E-state index in [0.29, 0.717) is 4.47 Å². The van der Waals surface area contributed by atoms with Crippen LogP contribution in [0.25, 0.3) is 0 Å². The molecule has 21 heavy (non-hydrogen) atoms. The first-order chi connectivity index (χ1) is 10.1. The topological polar surface area (TPSA) is 29.1 Å². The van der Waals surface area contributed by atoms with Crippen LogP contribution in [0.2, 0.25) is 0 Å². The summed E-state index contributed by atoms with van der Waals surface area (Å²) < 4.78 is 14.5. The van der Waals surface area contributed by atoms with Crippen LogP contribution in [0.5, 0.6) is 0 Å². The zero-order valence-corrected chi connectivity index (χ0v) is 13.0. The van der Waals surface area contributed by atoms with Crippen LogP contribution in [0.3, 0.4) is 0 Å². The molecule has 1 aliphatic rings. The second-order valence-electron chi connectivity index (χ2n) is 5.24. The van der Waals surface area contributed by atoms with Crippen LogP contribution >= 0.6 is 15.9 Å². The van der Waals surface area contributed by atoms with Gasteiger partial charge in [-0.1, -0.05) is 40.2 Å². The molecule has 0 aliphatic heterocycles. The van der Waals surface area contributed by atoms with Crippen molar-refractivity contribution in [3.63, 3.8) is 0 Å². The minimum atomic E-state index is -0.500. The Morgan fingerprint density at radius 1 is 1.24 bits per heavy atom. The molecule has 1 atom stereocenters. The molecule has 0 saturated heterocycles. The lowest BCUT2D eigenvalue weighted by atomic mass is 9.87. The number of hydrogen-bond acceptors (Lipinski definition) is 1. The zero-order chi connectivity index (χ0) is 14.8. The van der Waals surface area contributed by atoms with Crippen molar-refractivity contribution in [2.75, 3.05) is 0 Å². The predicted molar refractivity (Wildman–Crippen MR) is 83.7 cm³/mol. The number of hydrogen-bond donors (Lipinski definition) is 1. The van der Waals surface area contributed by atoms with E-state index in [1.54, 1.807) is 6.07 Å². The minimum absolute atomic E-state index is 0.0409. The van der Waals surface area contributed by atoms with Crippen LogP contribution in [0, 0.1) is 5.82 Å². The van der Waals surface area contributed by atoms with Gasteiger partial charge >= 0.3 is 0 Å². The average molecular weight is 348 g/mol. The van der Waals surface area contributed by atoms with E-state index in [0.717, 1.165) is 24.8 Å². The quantitative estimate of drug-likeness (QED) is 0.857. The summed E-state index contributed by atoms with van der Waals surface area (Å²) in [6.07, 6.45) is 2.95. The fraction of sp³-hybridized carbons (Fsp3) is 0.235. The van der Waals surface area contributed by atoms with Crippen molar-refractivity contribution in [3.8, 4) is 0 Å². The van der Waals surface area contributed by atoms with Crippen LogP contribution < -0.4 is 5.32 Å². The van der Waals surface area contributed by atoms with Crippen LogP contribution in [0.4, 0.5) is 4.39 Å². The van der Waals surface area contributed by atoms with Crippen LogP contribution in [0.15, 0.2) is 46.9 Å². The Hall–Kier alpha value is -1.68. The summed E-state index contributed by atoms with van der Waals surface area (Å²) in [5.41, 5.74) is 2.49. The van der Waals surface area contributed by atoms with Gasteiger partial charge < -0.3 is 5.32 Å². The first-order valence-electron chi connectivity index (χ1n) is 6.99. The van der Waals surface area contributed by atoms with Gasteiger partial charge in [0.1, 0.15) is 5.82 Å². The minimum Gasteiger partial charge on any atom is -0.345 e. The highest BCUT2D eigenvalue weighted by Gasteiger charge is 2.23. The van der Waals surface area contributed by atoms with Crippen molar-refractivity contribution in [2.24, 2.45) is 0 Å². The maximum absolute atomic E-state index is 13.8. The molecule has 0 spiro atoms. The molecule has 3 rings (SSSR count). The fourth-order valence-corrected chi connectivity index (χ4v) is 3.17. The zero-order valence-electron chi connectivity index (χ0n) is 11.4. The van der Waals surface area contributed by atoms with Gasteiger partial charge in [0, 0.05) is 4.47 Å². The molecule has 108 valence electrons. The Bertz CT molecular complexity index is 686. The third-order valence-electron chi connectivity index (χ3n) is 3.85. The number of amides is 1. The first kappa shape index (κ1) is 14.3. The normalized spacial score (nSPS) is 17.1. The maximum atomic E-state index is 13.8. The van der Waals surface area contributed by atoms with Crippen LogP contribution in [0.1, 0.15) is 40.4 Å². The maximum Gasteiger partial charge on any atom is 0.254 e. The first-order valence-corrected chi connectivity index (χ1v) is 7.78. The van der Waals surface area contributed by atoms with Crippen molar-refractivity contribution in [1.29, 1.82) is 0 Å². The van der Waals surface area contributed by atoms with E-state index in [-0.39, 0.29) is 17.5 Å². The second kappa shape index (κ2) is 5.98.